The van der Waals surface area contributed by atoms with Crippen molar-refractivity contribution in [3.63, 3.8) is 0 Å². The highest BCUT2D eigenvalue weighted by Crippen LogP contribution is 2.30. The molecule has 0 amide bonds. The van der Waals surface area contributed by atoms with Gasteiger partial charge < -0.3 is 10.1 Å². The lowest BCUT2D eigenvalue weighted by molar-refractivity contribution is 0.476. The maximum Gasteiger partial charge on any atom is 0.119 e. The Bertz CT molecular complexity index is 525. The number of nitrogens with one attached hydrogen (secondary N) is 1. The monoisotopic (exact) mass is 206 g/mol. The summed E-state index contributed by atoms with van der Waals surface area (Å²) in [6.45, 7) is 0. The van der Waals surface area contributed by atoms with Crippen LogP contribution in [0.5, 0.6) is 5.75 Å². The molecule has 0 bridgehead atoms. The summed E-state index contributed by atoms with van der Waals surface area (Å²) in [6.07, 6.45) is 2.05. The number of nitriles is 1. The lowest BCUT2D eigenvalue weighted by Crippen LogP contribution is -1.78. The fourth-order valence-corrected chi connectivity index (χ4v) is 1.83. The van der Waals surface area contributed by atoms with E-state index in [-0.39, 0.29) is 5.75 Å². The van der Waals surface area contributed by atoms with E-state index in [0.29, 0.717) is 11.4 Å². The molecular formula is C10H7ClN2O. The summed E-state index contributed by atoms with van der Waals surface area (Å²) in [7, 11) is 0. The molecule has 1 aromatic heterocycles. The first-order chi connectivity index (χ1) is 6.72. The molecule has 1 aromatic carbocycles. The van der Waals surface area contributed by atoms with Gasteiger partial charge >= 0.3 is 0 Å². The predicted molar refractivity (Wildman–Crippen MR) is 54.3 cm³/mol. The zero-order valence-corrected chi connectivity index (χ0v) is 7.97. The van der Waals surface area contributed by atoms with Gasteiger partial charge in [-0.25, -0.2) is 0 Å². The van der Waals surface area contributed by atoms with Crippen molar-refractivity contribution in [2.45, 2.75) is 6.42 Å². The first kappa shape index (κ1) is 8.92. The van der Waals surface area contributed by atoms with Crippen LogP contribution in [0.15, 0.2) is 18.3 Å². The average molecular weight is 207 g/mol. The number of aromatic amines is 1. The number of hydrogen-bond donors (Lipinski definition) is 2. The van der Waals surface area contributed by atoms with Gasteiger partial charge in [0.05, 0.1) is 23.0 Å². The zero-order valence-electron chi connectivity index (χ0n) is 7.21. The molecule has 0 saturated carbocycles. The maximum atomic E-state index is 9.28. The van der Waals surface area contributed by atoms with Crippen LogP contribution in [0, 0.1) is 11.3 Å². The quantitative estimate of drug-likeness (QED) is 0.754. The van der Waals surface area contributed by atoms with Gasteiger partial charge in [-0.2, -0.15) is 5.26 Å². The molecule has 4 heteroatoms. The van der Waals surface area contributed by atoms with Gasteiger partial charge in [0.1, 0.15) is 5.75 Å². The molecule has 70 valence electrons. The lowest BCUT2D eigenvalue weighted by atomic mass is 10.1. The fourth-order valence-electron chi connectivity index (χ4n) is 1.49. The molecule has 0 saturated heterocycles. The lowest BCUT2D eigenvalue weighted by Gasteiger charge is -1.98. The van der Waals surface area contributed by atoms with E-state index in [1.807, 2.05) is 0 Å². The summed E-state index contributed by atoms with van der Waals surface area (Å²) in [5.74, 6) is 0.118. The van der Waals surface area contributed by atoms with Crippen molar-refractivity contribution in [3.05, 3.63) is 28.9 Å². The van der Waals surface area contributed by atoms with E-state index in [2.05, 4.69) is 11.1 Å². The maximum absolute atomic E-state index is 9.28. The third-order valence-corrected chi connectivity index (χ3v) is 2.37. The topological polar surface area (TPSA) is 59.8 Å². The van der Waals surface area contributed by atoms with E-state index in [1.54, 1.807) is 12.3 Å². The largest absolute Gasteiger partial charge is 0.508 e. The number of benzene rings is 1. The van der Waals surface area contributed by atoms with E-state index >= 15 is 0 Å². The summed E-state index contributed by atoms with van der Waals surface area (Å²) in [5, 5.41) is 19.1. The van der Waals surface area contributed by atoms with Gasteiger partial charge in [-0.05, 0) is 11.6 Å². The molecule has 0 spiro atoms. The second-order valence-electron chi connectivity index (χ2n) is 3.00. The highest BCUT2D eigenvalue weighted by Gasteiger charge is 2.08. The van der Waals surface area contributed by atoms with Gasteiger partial charge in [0.2, 0.25) is 0 Å². The second-order valence-corrected chi connectivity index (χ2v) is 3.41. The first-order valence-corrected chi connectivity index (χ1v) is 4.45. The van der Waals surface area contributed by atoms with Crippen LogP contribution in [-0.2, 0) is 6.42 Å². The number of hydrogen-bond acceptors (Lipinski definition) is 2. The van der Waals surface area contributed by atoms with Crippen molar-refractivity contribution in [2.75, 3.05) is 0 Å². The van der Waals surface area contributed by atoms with Gasteiger partial charge in [0.25, 0.3) is 0 Å². The SMILES string of the molecule is N#CCc1c[nH]c2cc(O)cc(Cl)c12. The zero-order chi connectivity index (χ0) is 10.1. The van der Waals surface area contributed by atoms with E-state index in [0.717, 1.165) is 16.5 Å². The number of aromatic hydroxyl groups is 1. The summed E-state index contributed by atoms with van der Waals surface area (Å²) < 4.78 is 0. The van der Waals surface area contributed by atoms with Crippen LogP contribution < -0.4 is 0 Å². The minimum absolute atomic E-state index is 0.118. The van der Waals surface area contributed by atoms with E-state index in [9.17, 15) is 5.11 Å². The van der Waals surface area contributed by atoms with Crippen molar-refractivity contribution in [1.29, 1.82) is 5.26 Å². The highest BCUT2D eigenvalue weighted by atomic mass is 35.5. The molecule has 3 nitrogen and oxygen atoms in total. The van der Waals surface area contributed by atoms with Crippen LogP contribution >= 0.6 is 11.6 Å². The molecule has 0 aliphatic heterocycles. The molecule has 14 heavy (non-hydrogen) atoms. The number of aromatic nitrogens is 1. The highest BCUT2D eigenvalue weighted by molar-refractivity contribution is 6.35. The third kappa shape index (κ3) is 1.30. The molecule has 0 fully saturated rings. The van der Waals surface area contributed by atoms with Crippen LogP contribution in [-0.4, -0.2) is 10.1 Å². The summed E-state index contributed by atoms with van der Waals surface area (Å²) in [5.41, 5.74) is 1.60. The smallest absolute Gasteiger partial charge is 0.119 e. The molecule has 0 aliphatic rings. The van der Waals surface area contributed by atoms with E-state index in [1.165, 1.54) is 6.07 Å². The van der Waals surface area contributed by atoms with E-state index in [4.69, 9.17) is 16.9 Å². The Hall–Kier alpha value is -1.66. The van der Waals surface area contributed by atoms with Crippen molar-refractivity contribution >= 4 is 22.5 Å². The molecule has 1 heterocycles. The second kappa shape index (κ2) is 3.24. The number of phenolic OH excluding ortho intramolecular Hbond substituents is 1. The van der Waals surface area contributed by atoms with Gasteiger partial charge in [0.15, 0.2) is 0 Å². The molecule has 0 aliphatic carbocycles. The molecule has 2 rings (SSSR count). The van der Waals surface area contributed by atoms with Crippen molar-refractivity contribution in [2.24, 2.45) is 0 Å². The molecule has 0 radical (unpaired) electrons. The van der Waals surface area contributed by atoms with Crippen LogP contribution in [0.3, 0.4) is 0 Å². The standard InChI is InChI=1S/C10H7ClN2O/c11-8-3-7(14)4-9-10(8)6(1-2-12)5-13-9/h3-5,13-14H,1H2. The van der Waals surface area contributed by atoms with Gasteiger partial charge in [0, 0.05) is 17.6 Å². The van der Waals surface area contributed by atoms with Crippen molar-refractivity contribution in [1.82, 2.24) is 4.98 Å². The molecule has 0 atom stereocenters. The van der Waals surface area contributed by atoms with Crippen LogP contribution in [0.1, 0.15) is 5.56 Å². The summed E-state index contributed by atoms with van der Waals surface area (Å²) in [6, 6.07) is 5.12. The minimum atomic E-state index is 0.118. The Morgan fingerprint density at radius 3 is 3.00 bits per heavy atom. The third-order valence-electron chi connectivity index (χ3n) is 2.07. The molecule has 0 unspecified atom stereocenters. The van der Waals surface area contributed by atoms with Crippen LogP contribution in [0.2, 0.25) is 5.02 Å². The number of phenols is 1. The van der Waals surface area contributed by atoms with Gasteiger partial charge in [-0.15, -0.1) is 0 Å². The van der Waals surface area contributed by atoms with Crippen LogP contribution in [0.4, 0.5) is 0 Å². The van der Waals surface area contributed by atoms with Gasteiger partial charge in [-0.1, -0.05) is 11.6 Å². The van der Waals surface area contributed by atoms with Gasteiger partial charge in [-0.3, -0.25) is 0 Å². The Balaban J connectivity index is 2.74. The normalized spacial score (nSPS) is 10.3. The fraction of sp³-hybridized carbons (Fsp3) is 0.100. The number of fused-ring (bicyclic) bond motifs is 1. The first-order valence-electron chi connectivity index (χ1n) is 4.08. The van der Waals surface area contributed by atoms with E-state index < -0.39 is 0 Å². The number of H-pyrrole nitrogens is 1. The summed E-state index contributed by atoms with van der Waals surface area (Å²) in [4.78, 5) is 2.96. The number of nitrogens with zero attached hydrogens (tertiary/aromatic N) is 1. The molecule has 2 N–H and O–H groups in total. The average Bonchev–Trinajstić information content (AvgIpc) is 2.49. The van der Waals surface area contributed by atoms with Crippen molar-refractivity contribution in [3.8, 4) is 11.8 Å². The predicted octanol–water partition coefficient (Wildman–Crippen LogP) is 2.59. The van der Waals surface area contributed by atoms with Crippen LogP contribution in [0.25, 0.3) is 10.9 Å². The Kier molecular flexibility index (Phi) is 2.06. The molecular weight excluding hydrogens is 200 g/mol. The Morgan fingerprint density at radius 2 is 2.29 bits per heavy atom. The summed E-state index contributed by atoms with van der Waals surface area (Å²) >= 11 is 5.96. The minimum Gasteiger partial charge on any atom is -0.508 e. The Morgan fingerprint density at radius 1 is 1.50 bits per heavy atom. The molecule has 2 aromatic rings. The number of halogens is 1. The number of rotatable bonds is 1. The Labute approximate surface area is 85.5 Å². The van der Waals surface area contributed by atoms with Crippen molar-refractivity contribution < 1.29 is 5.11 Å².